The average Bonchev–Trinajstić information content (AvgIpc) is 2.84. The Morgan fingerprint density at radius 3 is 2.67 bits per heavy atom. The Balaban J connectivity index is 2.20. The second-order valence-corrected chi connectivity index (χ2v) is 5.95. The van der Waals surface area contributed by atoms with Crippen molar-refractivity contribution in [2.45, 2.75) is 20.4 Å². The lowest BCUT2D eigenvalue weighted by Gasteiger charge is -2.07. The lowest BCUT2D eigenvalue weighted by molar-refractivity contribution is -0.385. The molecule has 0 unspecified atom stereocenters. The molecule has 1 N–H and O–H groups in total. The molecule has 0 aliphatic carbocycles. The molecule has 0 fully saturated rings. The smallest absolute Gasteiger partial charge is 0.270 e. The maximum atomic E-state index is 13.9. The maximum Gasteiger partial charge on any atom is 0.270 e. The molecular formula is C14H13FN2O3S. The van der Waals surface area contributed by atoms with Crippen LogP contribution in [0.4, 0.5) is 10.1 Å². The summed E-state index contributed by atoms with van der Waals surface area (Å²) in [4.78, 5) is 24.2. The van der Waals surface area contributed by atoms with Crippen LogP contribution in [-0.2, 0) is 6.54 Å². The van der Waals surface area contributed by atoms with Gasteiger partial charge in [-0.05, 0) is 31.5 Å². The van der Waals surface area contributed by atoms with Gasteiger partial charge in [0, 0.05) is 21.9 Å². The number of nitrogens with one attached hydrogen (secondary N) is 1. The predicted molar refractivity (Wildman–Crippen MR) is 78.0 cm³/mol. The summed E-state index contributed by atoms with van der Waals surface area (Å²) in [6.45, 7) is 3.60. The number of nitro groups is 1. The van der Waals surface area contributed by atoms with E-state index in [1.807, 2.05) is 19.1 Å². The van der Waals surface area contributed by atoms with Crippen molar-refractivity contribution >= 4 is 22.9 Å². The van der Waals surface area contributed by atoms with E-state index in [4.69, 9.17) is 0 Å². The third kappa shape index (κ3) is 3.43. The number of nitrogens with zero attached hydrogens (tertiary/aromatic N) is 1. The van der Waals surface area contributed by atoms with E-state index in [1.165, 1.54) is 18.3 Å². The molecule has 0 bridgehead atoms. The van der Waals surface area contributed by atoms with Crippen molar-refractivity contribution in [3.63, 3.8) is 0 Å². The van der Waals surface area contributed by atoms with Gasteiger partial charge >= 0.3 is 0 Å². The van der Waals surface area contributed by atoms with Gasteiger partial charge in [0.2, 0.25) is 0 Å². The van der Waals surface area contributed by atoms with Crippen LogP contribution in [0.3, 0.4) is 0 Å². The first-order valence-corrected chi connectivity index (χ1v) is 6.98. The van der Waals surface area contributed by atoms with Gasteiger partial charge in [-0.3, -0.25) is 14.9 Å². The van der Waals surface area contributed by atoms with Crippen molar-refractivity contribution in [2.24, 2.45) is 0 Å². The first kappa shape index (κ1) is 15.1. The van der Waals surface area contributed by atoms with Gasteiger partial charge in [0.05, 0.1) is 17.0 Å². The van der Waals surface area contributed by atoms with Crippen LogP contribution in [-0.4, -0.2) is 10.8 Å². The van der Waals surface area contributed by atoms with Gasteiger partial charge in [-0.1, -0.05) is 0 Å². The van der Waals surface area contributed by atoms with Gasteiger partial charge in [0.25, 0.3) is 11.6 Å². The molecule has 2 aromatic rings. The van der Waals surface area contributed by atoms with E-state index in [0.717, 1.165) is 21.9 Å². The Bertz CT molecular complexity index is 712. The minimum atomic E-state index is -0.736. The second kappa shape index (κ2) is 6.01. The SMILES string of the molecule is Cc1ccc(CNC(=O)c2cc([N+](=O)[O-])cc(C)c2F)s1. The highest BCUT2D eigenvalue weighted by Gasteiger charge is 2.19. The average molecular weight is 308 g/mol. The van der Waals surface area contributed by atoms with Crippen molar-refractivity contribution in [1.82, 2.24) is 5.32 Å². The molecule has 5 nitrogen and oxygen atoms in total. The fourth-order valence-electron chi connectivity index (χ4n) is 1.86. The molecule has 0 atom stereocenters. The summed E-state index contributed by atoms with van der Waals surface area (Å²) in [6, 6.07) is 5.85. The van der Waals surface area contributed by atoms with E-state index in [9.17, 15) is 19.3 Å². The molecule has 1 heterocycles. The summed E-state index contributed by atoms with van der Waals surface area (Å²) >= 11 is 1.52. The lowest BCUT2D eigenvalue weighted by Crippen LogP contribution is -2.23. The van der Waals surface area contributed by atoms with Crippen LogP contribution in [0, 0.1) is 29.8 Å². The number of hydrogen-bond acceptors (Lipinski definition) is 4. The molecular weight excluding hydrogens is 295 g/mol. The van der Waals surface area contributed by atoms with Crippen LogP contribution in [0.1, 0.15) is 25.7 Å². The van der Waals surface area contributed by atoms with Gasteiger partial charge in [0.1, 0.15) is 5.82 Å². The summed E-state index contributed by atoms with van der Waals surface area (Å²) in [5, 5.41) is 13.3. The van der Waals surface area contributed by atoms with Gasteiger partial charge in [0.15, 0.2) is 0 Å². The topological polar surface area (TPSA) is 72.2 Å². The molecule has 21 heavy (non-hydrogen) atoms. The second-order valence-electron chi connectivity index (χ2n) is 4.58. The van der Waals surface area contributed by atoms with Crippen LogP contribution < -0.4 is 5.32 Å². The van der Waals surface area contributed by atoms with Gasteiger partial charge in [-0.25, -0.2) is 4.39 Å². The predicted octanol–water partition coefficient (Wildman–Crippen LogP) is 3.34. The van der Waals surface area contributed by atoms with Crippen molar-refractivity contribution in [3.8, 4) is 0 Å². The highest BCUT2D eigenvalue weighted by atomic mass is 32.1. The van der Waals surface area contributed by atoms with Crippen LogP contribution >= 0.6 is 11.3 Å². The summed E-state index contributed by atoms with van der Waals surface area (Å²) < 4.78 is 13.9. The highest BCUT2D eigenvalue weighted by Crippen LogP contribution is 2.21. The first-order valence-electron chi connectivity index (χ1n) is 6.16. The molecule has 0 saturated carbocycles. The van der Waals surface area contributed by atoms with Crippen LogP contribution in [0.15, 0.2) is 24.3 Å². The van der Waals surface area contributed by atoms with E-state index < -0.39 is 16.6 Å². The molecule has 0 aliphatic heterocycles. The normalized spacial score (nSPS) is 10.4. The number of carbonyl (C=O) groups excluding carboxylic acids is 1. The van der Waals surface area contributed by atoms with Crippen molar-refractivity contribution in [3.05, 3.63) is 61.1 Å². The van der Waals surface area contributed by atoms with Gasteiger partial charge in [-0.2, -0.15) is 0 Å². The molecule has 0 aliphatic rings. The number of benzene rings is 1. The number of nitro benzene ring substituents is 1. The number of aryl methyl sites for hydroxylation is 2. The van der Waals surface area contributed by atoms with E-state index in [0.29, 0.717) is 0 Å². The zero-order valence-corrected chi connectivity index (χ0v) is 12.3. The van der Waals surface area contributed by atoms with E-state index in [1.54, 1.807) is 0 Å². The van der Waals surface area contributed by atoms with E-state index in [2.05, 4.69) is 5.32 Å². The molecule has 110 valence electrons. The standard InChI is InChI=1S/C14H13FN2O3S/c1-8-5-10(17(19)20)6-12(13(8)15)14(18)16-7-11-4-3-9(2)21-11/h3-6H,7H2,1-2H3,(H,16,18). The monoisotopic (exact) mass is 308 g/mol. The Morgan fingerprint density at radius 1 is 1.38 bits per heavy atom. The van der Waals surface area contributed by atoms with Crippen molar-refractivity contribution in [1.29, 1.82) is 0 Å². The number of non-ortho nitro benzene ring substituents is 1. The molecule has 1 aromatic heterocycles. The van der Waals surface area contributed by atoms with Crippen molar-refractivity contribution in [2.75, 3.05) is 0 Å². The fourth-order valence-corrected chi connectivity index (χ4v) is 2.69. The molecule has 2 rings (SSSR count). The number of thiophene rings is 1. The minimum Gasteiger partial charge on any atom is -0.347 e. The van der Waals surface area contributed by atoms with Crippen LogP contribution in [0.2, 0.25) is 0 Å². The van der Waals surface area contributed by atoms with E-state index in [-0.39, 0.29) is 23.4 Å². The Morgan fingerprint density at radius 2 is 2.10 bits per heavy atom. The third-order valence-corrected chi connectivity index (χ3v) is 3.91. The number of carbonyl (C=O) groups is 1. The zero-order chi connectivity index (χ0) is 15.6. The number of rotatable bonds is 4. The minimum absolute atomic E-state index is 0.0707. The van der Waals surface area contributed by atoms with Crippen LogP contribution in [0.25, 0.3) is 0 Å². The maximum absolute atomic E-state index is 13.9. The van der Waals surface area contributed by atoms with Gasteiger partial charge < -0.3 is 5.32 Å². The summed E-state index contributed by atoms with van der Waals surface area (Å²) in [5.74, 6) is -1.40. The number of halogens is 1. The molecule has 7 heteroatoms. The third-order valence-electron chi connectivity index (χ3n) is 2.91. The Hall–Kier alpha value is -2.28. The number of amides is 1. The van der Waals surface area contributed by atoms with Gasteiger partial charge in [-0.15, -0.1) is 11.3 Å². The number of hydrogen-bond donors (Lipinski definition) is 1. The lowest BCUT2D eigenvalue weighted by atomic mass is 10.1. The summed E-state index contributed by atoms with van der Waals surface area (Å²) in [5.41, 5.74) is -0.540. The quantitative estimate of drug-likeness (QED) is 0.695. The zero-order valence-electron chi connectivity index (χ0n) is 11.5. The first-order chi connectivity index (χ1) is 9.88. The highest BCUT2D eigenvalue weighted by molar-refractivity contribution is 7.11. The van der Waals surface area contributed by atoms with Crippen molar-refractivity contribution < 1.29 is 14.1 Å². The molecule has 1 aromatic carbocycles. The summed E-state index contributed by atoms with van der Waals surface area (Å²) in [6.07, 6.45) is 0. The van der Waals surface area contributed by atoms with E-state index >= 15 is 0 Å². The molecule has 0 spiro atoms. The fraction of sp³-hybridized carbons (Fsp3) is 0.214. The Kier molecular flexibility index (Phi) is 4.32. The Labute approximate surface area is 124 Å². The molecule has 0 radical (unpaired) electrons. The summed E-state index contributed by atoms with van der Waals surface area (Å²) in [7, 11) is 0. The van der Waals surface area contributed by atoms with Crippen LogP contribution in [0.5, 0.6) is 0 Å². The molecule has 1 amide bonds. The molecule has 0 saturated heterocycles. The largest absolute Gasteiger partial charge is 0.347 e.